The Labute approximate surface area is 199 Å². The van der Waals surface area contributed by atoms with Gasteiger partial charge in [-0.1, -0.05) is 6.42 Å². The quantitative estimate of drug-likeness (QED) is 0.442. The summed E-state index contributed by atoms with van der Waals surface area (Å²) in [5, 5.41) is 0.449. The highest BCUT2D eigenvalue weighted by Gasteiger charge is 2.25. The van der Waals surface area contributed by atoms with Crippen LogP contribution in [0.15, 0.2) is 17.1 Å². The minimum absolute atomic E-state index is 0.117. The van der Waals surface area contributed by atoms with Crippen molar-refractivity contribution < 1.29 is 19.1 Å². The van der Waals surface area contributed by atoms with E-state index in [1.165, 1.54) is 12.3 Å². The first-order chi connectivity index (χ1) is 16.4. The molecule has 3 aromatic rings. The lowest BCUT2D eigenvalue weighted by atomic mass is 10.2. The first-order valence-corrected chi connectivity index (χ1v) is 12.5. The van der Waals surface area contributed by atoms with Gasteiger partial charge >= 0.3 is 5.97 Å². The Balaban J connectivity index is 1.30. The van der Waals surface area contributed by atoms with Crippen molar-refractivity contribution in [2.75, 3.05) is 19.7 Å². The summed E-state index contributed by atoms with van der Waals surface area (Å²) >= 11 is 1.13. The van der Waals surface area contributed by atoms with Crippen LogP contribution >= 0.6 is 11.3 Å². The molecule has 0 radical (unpaired) electrons. The van der Waals surface area contributed by atoms with Gasteiger partial charge in [-0.05, 0) is 44.2 Å². The number of aromatic amines is 1. The minimum Gasteiger partial charge on any atom is -0.453 e. The van der Waals surface area contributed by atoms with Gasteiger partial charge in [0.25, 0.3) is 11.5 Å². The summed E-state index contributed by atoms with van der Waals surface area (Å²) in [4.78, 5) is 61.0. The number of amides is 1. The predicted molar refractivity (Wildman–Crippen MR) is 127 cm³/mol. The molecule has 0 saturated carbocycles. The number of hydrogen-bond acceptors (Lipinski definition) is 7. The van der Waals surface area contributed by atoms with Crippen LogP contribution in [0.5, 0.6) is 0 Å². The normalized spacial score (nSPS) is 15.9. The molecule has 0 bridgehead atoms. The number of H-pyrrole nitrogens is 1. The standard InChI is InChI=1S/C24H26N4O5S/c1-14-19-21(26-18-7-3-2-4-10-28(18)23(19)31)34-20(14)24(32)33-13-17(29)15-11-16(25-12-15)22(30)27-8-5-6-9-27/h11-12,25H,2-10,13H2,1H3. The summed E-state index contributed by atoms with van der Waals surface area (Å²) < 4.78 is 7.01. The van der Waals surface area contributed by atoms with Crippen LogP contribution in [-0.4, -0.2) is 56.8 Å². The Morgan fingerprint density at radius 1 is 1.12 bits per heavy atom. The van der Waals surface area contributed by atoms with Gasteiger partial charge in [-0.2, -0.15) is 0 Å². The molecule has 178 valence electrons. The second-order valence-corrected chi connectivity index (χ2v) is 9.83. The molecule has 1 saturated heterocycles. The van der Waals surface area contributed by atoms with Crippen molar-refractivity contribution in [3.8, 4) is 0 Å². The smallest absolute Gasteiger partial charge is 0.349 e. The van der Waals surface area contributed by atoms with Crippen LogP contribution in [0, 0.1) is 6.92 Å². The average molecular weight is 483 g/mol. The lowest BCUT2D eigenvalue weighted by Gasteiger charge is -2.13. The van der Waals surface area contributed by atoms with Gasteiger partial charge < -0.3 is 14.6 Å². The molecule has 0 aromatic carbocycles. The van der Waals surface area contributed by atoms with Crippen molar-refractivity contribution in [2.45, 2.75) is 52.0 Å². The molecule has 2 aliphatic rings. The van der Waals surface area contributed by atoms with Gasteiger partial charge in [0, 0.05) is 37.8 Å². The van der Waals surface area contributed by atoms with Gasteiger partial charge in [-0.15, -0.1) is 11.3 Å². The number of rotatable bonds is 5. The first kappa shape index (κ1) is 22.5. The average Bonchev–Trinajstić information content (AvgIpc) is 3.56. The topological polar surface area (TPSA) is 114 Å². The summed E-state index contributed by atoms with van der Waals surface area (Å²) in [6.45, 7) is 3.33. The van der Waals surface area contributed by atoms with Crippen molar-refractivity contribution in [3.63, 3.8) is 0 Å². The number of nitrogens with one attached hydrogen (secondary N) is 1. The molecule has 1 fully saturated rings. The van der Waals surface area contributed by atoms with E-state index in [1.807, 2.05) is 0 Å². The van der Waals surface area contributed by atoms with E-state index in [0.29, 0.717) is 41.1 Å². The van der Waals surface area contributed by atoms with Crippen molar-refractivity contribution in [3.05, 3.63) is 50.1 Å². The van der Waals surface area contributed by atoms with E-state index in [2.05, 4.69) is 9.97 Å². The maximum absolute atomic E-state index is 13.1. The van der Waals surface area contributed by atoms with Crippen molar-refractivity contribution in [1.29, 1.82) is 0 Å². The number of likely N-dealkylation sites (tertiary alicyclic amines) is 1. The van der Waals surface area contributed by atoms with Gasteiger partial charge in [0.1, 0.15) is 21.2 Å². The number of hydrogen-bond donors (Lipinski definition) is 1. The summed E-state index contributed by atoms with van der Waals surface area (Å²) in [6, 6.07) is 1.50. The minimum atomic E-state index is -0.655. The van der Waals surface area contributed by atoms with Crippen LogP contribution in [0.3, 0.4) is 0 Å². The molecule has 2 aliphatic heterocycles. The Bertz CT molecular complexity index is 1350. The van der Waals surface area contributed by atoms with Crippen LogP contribution in [0.4, 0.5) is 0 Å². The molecule has 0 aliphatic carbocycles. The highest BCUT2D eigenvalue weighted by atomic mass is 32.1. The van der Waals surface area contributed by atoms with Gasteiger partial charge in [-0.25, -0.2) is 9.78 Å². The molecule has 0 atom stereocenters. The fraction of sp³-hybridized carbons (Fsp3) is 0.458. The molecule has 0 spiro atoms. The maximum atomic E-state index is 13.1. The Hall–Kier alpha value is -3.27. The van der Waals surface area contributed by atoms with Crippen molar-refractivity contribution in [1.82, 2.24) is 19.4 Å². The number of nitrogens with zero attached hydrogens (tertiary/aromatic N) is 3. The molecule has 1 amide bonds. The number of esters is 1. The zero-order valence-electron chi connectivity index (χ0n) is 19.0. The number of thiophene rings is 1. The van der Waals surface area contributed by atoms with Crippen LogP contribution in [0.25, 0.3) is 10.2 Å². The molecule has 1 N–H and O–H groups in total. The lowest BCUT2D eigenvalue weighted by molar-refractivity contribution is 0.0479. The molecular weight excluding hydrogens is 456 g/mol. The Kier molecular flexibility index (Phi) is 6.07. The maximum Gasteiger partial charge on any atom is 0.349 e. The van der Waals surface area contributed by atoms with E-state index in [1.54, 1.807) is 16.4 Å². The fourth-order valence-electron chi connectivity index (χ4n) is 4.65. The number of fused-ring (bicyclic) bond motifs is 2. The third-order valence-corrected chi connectivity index (χ3v) is 7.73. The number of ether oxygens (including phenoxy) is 1. The lowest BCUT2D eigenvalue weighted by Crippen LogP contribution is -2.27. The predicted octanol–water partition coefficient (Wildman–Crippen LogP) is 3.10. The molecule has 34 heavy (non-hydrogen) atoms. The summed E-state index contributed by atoms with van der Waals surface area (Å²) in [6.07, 6.45) is 7.16. The fourth-order valence-corrected chi connectivity index (χ4v) is 5.74. The number of ketones is 1. The van der Waals surface area contributed by atoms with Gasteiger partial charge in [-0.3, -0.25) is 19.0 Å². The zero-order chi connectivity index (χ0) is 23.8. The van der Waals surface area contributed by atoms with E-state index < -0.39 is 18.4 Å². The van der Waals surface area contributed by atoms with E-state index in [4.69, 9.17) is 4.74 Å². The summed E-state index contributed by atoms with van der Waals surface area (Å²) in [5.41, 5.74) is 1.05. The number of aromatic nitrogens is 3. The van der Waals surface area contributed by atoms with E-state index in [9.17, 15) is 19.2 Å². The third-order valence-electron chi connectivity index (χ3n) is 6.56. The summed E-state index contributed by atoms with van der Waals surface area (Å²) in [5.74, 6) is -0.434. The Morgan fingerprint density at radius 3 is 2.68 bits per heavy atom. The van der Waals surface area contributed by atoms with Gasteiger partial charge in [0.15, 0.2) is 6.61 Å². The third kappa shape index (κ3) is 4.06. The number of carbonyl (C=O) groups is 3. The monoisotopic (exact) mass is 482 g/mol. The SMILES string of the molecule is Cc1c(C(=O)OCC(=O)c2c[nH]c(C(=O)N3CCCC3)c2)sc2nc3n(c(=O)c12)CCCCC3. The van der Waals surface area contributed by atoms with Crippen LogP contribution in [-0.2, 0) is 17.7 Å². The molecule has 5 heterocycles. The van der Waals surface area contributed by atoms with Crippen molar-refractivity contribution in [2.24, 2.45) is 0 Å². The number of Topliss-reactive ketones (excluding diaryl/α,β-unsaturated/α-hetero) is 1. The summed E-state index contributed by atoms with van der Waals surface area (Å²) in [7, 11) is 0. The van der Waals surface area contributed by atoms with Crippen LogP contribution in [0.1, 0.15) is 74.0 Å². The molecule has 3 aromatic heterocycles. The Morgan fingerprint density at radius 2 is 1.88 bits per heavy atom. The number of carbonyl (C=O) groups excluding carboxylic acids is 3. The second kappa shape index (κ2) is 9.17. The largest absolute Gasteiger partial charge is 0.453 e. The van der Waals surface area contributed by atoms with Gasteiger partial charge in [0.05, 0.1) is 5.39 Å². The van der Waals surface area contributed by atoms with E-state index in [-0.39, 0.29) is 21.9 Å². The van der Waals surface area contributed by atoms with E-state index >= 15 is 0 Å². The number of aryl methyl sites for hydroxylation is 2. The van der Waals surface area contributed by atoms with Crippen LogP contribution < -0.4 is 5.56 Å². The zero-order valence-corrected chi connectivity index (χ0v) is 19.8. The highest BCUT2D eigenvalue weighted by Crippen LogP contribution is 2.29. The highest BCUT2D eigenvalue weighted by molar-refractivity contribution is 7.20. The first-order valence-electron chi connectivity index (χ1n) is 11.6. The van der Waals surface area contributed by atoms with Crippen molar-refractivity contribution >= 4 is 39.2 Å². The van der Waals surface area contributed by atoms with E-state index in [0.717, 1.165) is 55.7 Å². The second-order valence-electron chi connectivity index (χ2n) is 8.83. The molecule has 5 rings (SSSR count). The molecule has 9 nitrogen and oxygen atoms in total. The molecule has 0 unspecified atom stereocenters. The molecule has 10 heteroatoms. The van der Waals surface area contributed by atoms with Gasteiger partial charge in [0.2, 0.25) is 5.78 Å². The molecular formula is C24H26N4O5S. The van der Waals surface area contributed by atoms with Crippen LogP contribution in [0.2, 0.25) is 0 Å².